The van der Waals surface area contributed by atoms with Gasteiger partial charge in [-0.3, -0.25) is 4.79 Å². The molecule has 0 aliphatic carbocycles. The lowest BCUT2D eigenvalue weighted by molar-refractivity contribution is -0.119. The smallest absolute Gasteiger partial charge is 0.259 e. The van der Waals surface area contributed by atoms with Gasteiger partial charge in [-0.05, 0) is 49.6 Å². The van der Waals surface area contributed by atoms with E-state index in [1.165, 1.54) is 23.9 Å². The van der Waals surface area contributed by atoms with Crippen LogP contribution >= 0.6 is 0 Å². The summed E-state index contributed by atoms with van der Waals surface area (Å²) in [7, 11) is 0. The van der Waals surface area contributed by atoms with Gasteiger partial charge in [0, 0.05) is 5.69 Å². The topological polar surface area (TPSA) is 53.5 Å². The highest BCUT2D eigenvalue weighted by Gasteiger charge is 2.05. The van der Waals surface area contributed by atoms with Crippen molar-refractivity contribution < 1.29 is 9.18 Å². The van der Waals surface area contributed by atoms with E-state index in [0.717, 1.165) is 16.8 Å². The molecule has 0 aromatic heterocycles. The lowest BCUT2D eigenvalue weighted by Gasteiger charge is -2.13. The summed E-state index contributed by atoms with van der Waals surface area (Å²) in [6.07, 6.45) is 1.41. The molecule has 2 rings (SSSR count). The van der Waals surface area contributed by atoms with Crippen LogP contribution in [-0.2, 0) is 4.79 Å². The van der Waals surface area contributed by atoms with Gasteiger partial charge in [0.05, 0.1) is 12.8 Å². The molecule has 1 amide bonds. The summed E-state index contributed by atoms with van der Waals surface area (Å²) in [6.45, 7) is 6.16. The summed E-state index contributed by atoms with van der Waals surface area (Å²) in [5.74, 6) is -0.607. The first kappa shape index (κ1) is 16.7. The Bertz CT molecular complexity index is 718. The molecule has 0 radical (unpaired) electrons. The van der Waals surface area contributed by atoms with Crippen molar-refractivity contribution in [3.05, 3.63) is 64.5 Å². The van der Waals surface area contributed by atoms with E-state index in [0.29, 0.717) is 5.56 Å². The first-order valence-electron chi connectivity index (χ1n) is 7.35. The standard InChI is InChI=1S/C18H20FN3O/c1-12-7-13(2)18(14(3)8-12)20-11-17(23)22-21-10-15-5-4-6-16(19)9-15/h4-10,20H,11H2,1-3H3,(H,22,23)/b21-10-. The number of amides is 1. The van der Waals surface area contributed by atoms with Gasteiger partial charge in [0.1, 0.15) is 5.82 Å². The van der Waals surface area contributed by atoms with Crippen molar-refractivity contribution in [2.45, 2.75) is 20.8 Å². The Morgan fingerprint density at radius 1 is 1.17 bits per heavy atom. The van der Waals surface area contributed by atoms with E-state index in [9.17, 15) is 9.18 Å². The number of aryl methyl sites for hydroxylation is 3. The zero-order chi connectivity index (χ0) is 16.8. The summed E-state index contributed by atoms with van der Waals surface area (Å²) in [4.78, 5) is 11.8. The second-order valence-electron chi connectivity index (χ2n) is 5.48. The fourth-order valence-corrected chi connectivity index (χ4v) is 2.43. The van der Waals surface area contributed by atoms with Crippen LogP contribution < -0.4 is 10.7 Å². The number of carbonyl (C=O) groups is 1. The van der Waals surface area contributed by atoms with Gasteiger partial charge in [0.2, 0.25) is 0 Å². The molecule has 0 heterocycles. The van der Waals surface area contributed by atoms with E-state index in [1.807, 2.05) is 20.8 Å². The SMILES string of the molecule is Cc1cc(C)c(NCC(=O)N/N=C\c2cccc(F)c2)c(C)c1. The van der Waals surface area contributed by atoms with Crippen molar-refractivity contribution in [3.8, 4) is 0 Å². The van der Waals surface area contributed by atoms with Crippen LogP contribution in [0.2, 0.25) is 0 Å². The fourth-order valence-electron chi connectivity index (χ4n) is 2.43. The first-order valence-corrected chi connectivity index (χ1v) is 7.35. The van der Waals surface area contributed by atoms with Gasteiger partial charge in [-0.1, -0.05) is 29.8 Å². The van der Waals surface area contributed by atoms with Crippen molar-refractivity contribution in [3.63, 3.8) is 0 Å². The number of hydrazone groups is 1. The Balaban J connectivity index is 1.88. The lowest BCUT2D eigenvalue weighted by Crippen LogP contribution is -2.26. The Morgan fingerprint density at radius 3 is 2.52 bits per heavy atom. The number of nitrogens with one attached hydrogen (secondary N) is 2. The number of hydrogen-bond donors (Lipinski definition) is 2. The summed E-state index contributed by atoms with van der Waals surface area (Å²) < 4.78 is 13.0. The van der Waals surface area contributed by atoms with Gasteiger partial charge in [0.15, 0.2) is 0 Å². The van der Waals surface area contributed by atoms with Gasteiger partial charge in [0.25, 0.3) is 5.91 Å². The van der Waals surface area contributed by atoms with Crippen LogP contribution in [0, 0.1) is 26.6 Å². The molecular formula is C18H20FN3O. The van der Waals surface area contributed by atoms with E-state index < -0.39 is 0 Å². The van der Waals surface area contributed by atoms with Crippen molar-refractivity contribution in [1.29, 1.82) is 0 Å². The quantitative estimate of drug-likeness (QED) is 0.657. The Hall–Kier alpha value is -2.69. The van der Waals surface area contributed by atoms with Crippen LogP contribution in [0.4, 0.5) is 10.1 Å². The van der Waals surface area contributed by atoms with Crippen molar-refractivity contribution in [2.24, 2.45) is 5.10 Å². The first-order chi connectivity index (χ1) is 11.0. The molecule has 0 saturated heterocycles. The molecule has 4 nitrogen and oxygen atoms in total. The number of rotatable bonds is 5. The predicted molar refractivity (Wildman–Crippen MR) is 91.3 cm³/mol. The number of halogens is 1. The maximum atomic E-state index is 13.0. The molecule has 5 heteroatoms. The molecule has 120 valence electrons. The third-order valence-corrected chi connectivity index (χ3v) is 3.35. The molecule has 0 bridgehead atoms. The van der Waals surface area contributed by atoms with E-state index >= 15 is 0 Å². The van der Waals surface area contributed by atoms with E-state index in [-0.39, 0.29) is 18.3 Å². The molecule has 0 unspecified atom stereocenters. The summed E-state index contributed by atoms with van der Waals surface area (Å²) in [5, 5.41) is 6.94. The second-order valence-corrected chi connectivity index (χ2v) is 5.48. The Morgan fingerprint density at radius 2 is 1.87 bits per heavy atom. The van der Waals surface area contributed by atoms with Crippen LogP contribution in [-0.4, -0.2) is 18.7 Å². The fraction of sp³-hybridized carbons (Fsp3) is 0.222. The minimum Gasteiger partial charge on any atom is -0.376 e. The molecule has 0 saturated carbocycles. The van der Waals surface area contributed by atoms with E-state index in [1.54, 1.807) is 12.1 Å². The highest BCUT2D eigenvalue weighted by molar-refractivity contribution is 5.84. The van der Waals surface area contributed by atoms with E-state index in [2.05, 4.69) is 28.0 Å². The molecule has 2 aromatic carbocycles. The molecule has 2 N–H and O–H groups in total. The van der Waals surface area contributed by atoms with Crippen LogP contribution in [0.3, 0.4) is 0 Å². The van der Waals surface area contributed by atoms with Crippen LogP contribution in [0.25, 0.3) is 0 Å². The normalized spacial score (nSPS) is 10.8. The van der Waals surface area contributed by atoms with Crippen molar-refractivity contribution >= 4 is 17.8 Å². The van der Waals surface area contributed by atoms with Crippen LogP contribution in [0.1, 0.15) is 22.3 Å². The van der Waals surface area contributed by atoms with Gasteiger partial charge < -0.3 is 5.32 Å². The number of carbonyl (C=O) groups excluding carboxylic acids is 1. The summed E-state index contributed by atoms with van der Waals surface area (Å²) >= 11 is 0. The highest BCUT2D eigenvalue weighted by Crippen LogP contribution is 2.21. The zero-order valence-corrected chi connectivity index (χ0v) is 13.5. The molecule has 0 aliphatic heterocycles. The minimum absolute atomic E-state index is 0.116. The Kier molecular flexibility index (Phi) is 5.46. The molecule has 2 aromatic rings. The third kappa shape index (κ3) is 4.92. The second kappa shape index (κ2) is 7.54. The molecule has 0 fully saturated rings. The van der Waals surface area contributed by atoms with Crippen molar-refractivity contribution in [1.82, 2.24) is 5.43 Å². The van der Waals surface area contributed by atoms with Gasteiger partial charge in [-0.2, -0.15) is 5.10 Å². The number of nitrogens with zero attached hydrogens (tertiary/aromatic N) is 1. The largest absolute Gasteiger partial charge is 0.376 e. The zero-order valence-electron chi connectivity index (χ0n) is 13.5. The maximum absolute atomic E-state index is 13.0. The third-order valence-electron chi connectivity index (χ3n) is 3.35. The average Bonchev–Trinajstić information content (AvgIpc) is 2.46. The molecule has 0 aliphatic rings. The predicted octanol–water partition coefficient (Wildman–Crippen LogP) is 3.31. The minimum atomic E-state index is -0.340. The van der Waals surface area contributed by atoms with Crippen LogP contribution in [0.5, 0.6) is 0 Å². The number of anilines is 1. The van der Waals surface area contributed by atoms with Crippen molar-refractivity contribution in [2.75, 3.05) is 11.9 Å². The van der Waals surface area contributed by atoms with Gasteiger partial charge in [-0.15, -0.1) is 0 Å². The maximum Gasteiger partial charge on any atom is 0.259 e. The molecular weight excluding hydrogens is 293 g/mol. The number of benzene rings is 2. The molecule has 23 heavy (non-hydrogen) atoms. The summed E-state index contributed by atoms with van der Waals surface area (Å²) in [6, 6.07) is 10.1. The lowest BCUT2D eigenvalue weighted by atomic mass is 10.1. The Labute approximate surface area is 135 Å². The highest BCUT2D eigenvalue weighted by atomic mass is 19.1. The van der Waals surface area contributed by atoms with Crippen LogP contribution in [0.15, 0.2) is 41.5 Å². The summed E-state index contributed by atoms with van der Waals surface area (Å²) in [5.41, 5.74) is 7.34. The number of hydrogen-bond acceptors (Lipinski definition) is 3. The van der Waals surface area contributed by atoms with Gasteiger partial charge in [-0.25, -0.2) is 9.82 Å². The van der Waals surface area contributed by atoms with Gasteiger partial charge >= 0.3 is 0 Å². The van der Waals surface area contributed by atoms with E-state index in [4.69, 9.17) is 0 Å². The monoisotopic (exact) mass is 313 g/mol. The molecule has 0 atom stereocenters. The average molecular weight is 313 g/mol. The molecule has 0 spiro atoms.